The maximum absolute atomic E-state index is 12.6. The molecule has 1 N–H and O–H groups in total. The Bertz CT molecular complexity index is 488. The summed E-state index contributed by atoms with van der Waals surface area (Å²) < 4.78 is 0. The predicted molar refractivity (Wildman–Crippen MR) is 84.6 cm³/mol. The van der Waals surface area contributed by atoms with Crippen molar-refractivity contribution in [1.29, 1.82) is 0 Å². The summed E-state index contributed by atoms with van der Waals surface area (Å²) in [5, 5.41) is 10.1. The maximum Gasteiger partial charge on any atom is 0.223 e. The van der Waals surface area contributed by atoms with Gasteiger partial charge in [-0.15, -0.1) is 0 Å². The van der Waals surface area contributed by atoms with Gasteiger partial charge in [0, 0.05) is 19.5 Å². The third kappa shape index (κ3) is 5.35. The molecule has 1 aromatic rings. The zero-order valence-electron chi connectivity index (χ0n) is 13.0. The molecule has 0 saturated carbocycles. The molecule has 1 aliphatic carbocycles. The van der Waals surface area contributed by atoms with Crippen molar-refractivity contribution in [2.45, 2.75) is 45.3 Å². The monoisotopic (exact) mass is 287 g/mol. The Hall–Kier alpha value is -1.61. The fourth-order valence-electron chi connectivity index (χ4n) is 2.72. The number of carbonyl (C=O) groups excluding carboxylic acids is 1. The number of rotatable bonds is 6. The molecule has 21 heavy (non-hydrogen) atoms. The summed E-state index contributed by atoms with van der Waals surface area (Å²) in [6.07, 6.45) is 6.97. The number of hydrogen-bond acceptors (Lipinski definition) is 2. The van der Waals surface area contributed by atoms with Crippen molar-refractivity contribution < 1.29 is 9.90 Å². The zero-order chi connectivity index (χ0) is 15.3. The number of amides is 1. The van der Waals surface area contributed by atoms with E-state index in [9.17, 15) is 9.90 Å². The van der Waals surface area contributed by atoms with Gasteiger partial charge in [-0.1, -0.05) is 42.5 Å². The van der Waals surface area contributed by atoms with Gasteiger partial charge in [-0.2, -0.15) is 0 Å². The molecule has 1 aromatic carbocycles. The van der Waals surface area contributed by atoms with E-state index >= 15 is 0 Å². The van der Waals surface area contributed by atoms with Crippen molar-refractivity contribution in [3.63, 3.8) is 0 Å². The molecule has 3 nitrogen and oxygen atoms in total. The first-order valence-corrected chi connectivity index (χ1v) is 7.65. The van der Waals surface area contributed by atoms with E-state index in [0.29, 0.717) is 25.4 Å². The number of hydrogen-bond donors (Lipinski definition) is 1. The zero-order valence-corrected chi connectivity index (χ0v) is 13.0. The molecule has 1 atom stereocenters. The molecule has 114 valence electrons. The fourth-order valence-corrected chi connectivity index (χ4v) is 2.72. The van der Waals surface area contributed by atoms with Crippen LogP contribution in [0.3, 0.4) is 0 Å². The van der Waals surface area contributed by atoms with Crippen LogP contribution in [0.25, 0.3) is 0 Å². The third-order valence-corrected chi connectivity index (χ3v) is 3.70. The van der Waals surface area contributed by atoms with Crippen molar-refractivity contribution in [2.75, 3.05) is 6.54 Å². The normalized spacial score (nSPS) is 18.0. The van der Waals surface area contributed by atoms with Crippen LogP contribution in [-0.4, -0.2) is 28.1 Å². The lowest BCUT2D eigenvalue weighted by Gasteiger charge is -2.30. The molecule has 3 heteroatoms. The first-order chi connectivity index (χ1) is 9.94. The summed E-state index contributed by atoms with van der Waals surface area (Å²) in [5.74, 6) is 0.482. The van der Waals surface area contributed by atoms with Crippen LogP contribution in [0.2, 0.25) is 0 Å². The van der Waals surface area contributed by atoms with Crippen LogP contribution in [0, 0.1) is 5.92 Å². The van der Waals surface area contributed by atoms with E-state index in [4.69, 9.17) is 0 Å². The van der Waals surface area contributed by atoms with E-state index in [0.717, 1.165) is 18.4 Å². The summed E-state index contributed by atoms with van der Waals surface area (Å²) >= 11 is 0. The minimum atomic E-state index is -0.879. The number of benzene rings is 1. The van der Waals surface area contributed by atoms with Crippen LogP contribution in [-0.2, 0) is 11.3 Å². The van der Waals surface area contributed by atoms with Crippen molar-refractivity contribution in [1.82, 2.24) is 4.90 Å². The Kier molecular flexibility index (Phi) is 5.18. The average molecular weight is 287 g/mol. The van der Waals surface area contributed by atoms with Crippen molar-refractivity contribution in [2.24, 2.45) is 5.92 Å². The number of allylic oxidation sites excluding steroid dienone is 2. The van der Waals surface area contributed by atoms with Gasteiger partial charge in [-0.25, -0.2) is 0 Å². The summed E-state index contributed by atoms with van der Waals surface area (Å²) in [7, 11) is 0. The minimum absolute atomic E-state index is 0.123. The third-order valence-electron chi connectivity index (χ3n) is 3.70. The molecular formula is C18H25NO2. The molecule has 0 saturated heterocycles. The lowest BCUT2D eigenvalue weighted by atomic mass is 10.0. The average Bonchev–Trinajstić information content (AvgIpc) is 2.90. The quantitative estimate of drug-likeness (QED) is 0.817. The molecule has 0 fully saturated rings. The Balaban J connectivity index is 2.03. The second kappa shape index (κ2) is 6.90. The van der Waals surface area contributed by atoms with Gasteiger partial charge >= 0.3 is 0 Å². The topological polar surface area (TPSA) is 40.5 Å². The second-order valence-corrected chi connectivity index (χ2v) is 6.52. The first kappa shape index (κ1) is 15.8. The molecule has 0 aliphatic heterocycles. The molecule has 1 amide bonds. The highest BCUT2D eigenvalue weighted by Gasteiger charge is 2.24. The van der Waals surface area contributed by atoms with Crippen LogP contribution < -0.4 is 0 Å². The maximum atomic E-state index is 12.6. The summed E-state index contributed by atoms with van der Waals surface area (Å²) in [6, 6.07) is 9.94. The number of carbonyl (C=O) groups is 1. The lowest BCUT2D eigenvalue weighted by molar-refractivity contribution is -0.135. The standard InChI is InChI=1S/C18H25NO2/c1-18(2,21)14-19(13-16-10-4-3-5-11-16)17(20)12-15-8-6-7-9-15/h3-6,8,10-11,15,21H,7,9,12-14H2,1-2H3. The van der Waals surface area contributed by atoms with Gasteiger partial charge in [0.2, 0.25) is 5.91 Å². The Morgan fingerprint density at radius 1 is 1.33 bits per heavy atom. The van der Waals surface area contributed by atoms with Gasteiger partial charge in [-0.05, 0) is 38.2 Å². The van der Waals surface area contributed by atoms with Gasteiger partial charge in [0.1, 0.15) is 0 Å². The fraction of sp³-hybridized carbons (Fsp3) is 0.500. The van der Waals surface area contributed by atoms with Gasteiger partial charge < -0.3 is 10.0 Å². The second-order valence-electron chi connectivity index (χ2n) is 6.52. The molecule has 0 bridgehead atoms. The van der Waals surface area contributed by atoms with Gasteiger partial charge in [0.25, 0.3) is 0 Å². The van der Waals surface area contributed by atoms with Crippen LogP contribution in [0.1, 0.15) is 38.7 Å². The molecule has 0 spiro atoms. The summed E-state index contributed by atoms with van der Waals surface area (Å²) in [5.41, 5.74) is 0.215. The van der Waals surface area contributed by atoms with E-state index in [2.05, 4.69) is 12.2 Å². The summed E-state index contributed by atoms with van der Waals surface area (Å²) in [6.45, 7) is 4.40. The molecule has 0 radical (unpaired) electrons. The van der Waals surface area contributed by atoms with Crippen LogP contribution >= 0.6 is 0 Å². The molecular weight excluding hydrogens is 262 g/mol. The SMILES string of the molecule is CC(C)(O)CN(Cc1ccccc1)C(=O)CC1C=CCC1. The molecule has 1 unspecified atom stereocenters. The van der Waals surface area contributed by atoms with Gasteiger partial charge in [0.05, 0.1) is 5.60 Å². The van der Waals surface area contributed by atoms with Crippen molar-refractivity contribution in [3.8, 4) is 0 Å². The number of aliphatic hydroxyl groups is 1. The van der Waals surface area contributed by atoms with Crippen LogP contribution in [0.5, 0.6) is 0 Å². The number of nitrogens with zero attached hydrogens (tertiary/aromatic N) is 1. The van der Waals surface area contributed by atoms with E-state index < -0.39 is 5.60 Å². The largest absolute Gasteiger partial charge is 0.389 e. The van der Waals surface area contributed by atoms with E-state index in [1.165, 1.54) is 0 Å². The molecule has 0 aromatic heterocycles. The Morgan fingerprint density at radius 3 is 2.62 bits per heavy atom. The van der Waals surface area contributed by atoms with Gasteiger partial charge in [0.15, 0.2) is 0 Å². The highest BCUT2D eigenvalue weighted by molar-refractivity contribution is 5.76. The van der Waals surface area contributed by atoms with E-state index in [1.807, 2.05) is 30.3 Å². The lowest BCUT2D eigenvalue weighted by Crippen LogP contribution is -2.42. The highest BCUT2D eigenvalue weighted by Crippen LogP contribution is 2.22. The minimum Gasteiger partial charge on any atom is -0.389 e. The highest BCUT2D eigenvalue weighted by atomic mass is 16.3. The Morgan fingerprint density at radius 2 is 2.05 bits per heavy atom. The predicted octanol–water partition coefficient (Wildman–Crippen LogP) is 3.14. The van der Waals surface area contributed by atoms with Crippen LogP contribution in [0.4, 0.5) is 0 Å². The van der Waals surface area contributed by atoms with E-state index in [-0.39, 0.29) is 5.91 Å². The van der Waals surface area contributed by atoms with Gasteiger partial charge in [-0.3, -0.25) is 4.79 Å². The molecule has 0 heterocycles. The molecule has 2 rings (SSSR count). The van der Waals surface area contributed by atoms with E-state index in [1.54, 1.807) is 18.7 Å². The Labute approximate surface area is 127 Å². The smallest absolute Gasteiger partial charge is 0.223 e. The van der Waals surface area contributed by atoms with Crippen molar-refractivity contribution >= 4 is 5.91 Å². The molecule has 1 aliphatic rings. The first-order valence-electron chi connectivity index (χ1n) is 7.65. The van der Waals surface area contributed by atoms with Crippen molar-refractivity contribution in [3.05, 3.63) is 48.0 Å². The van der Waals surface area contributed by atoms with Crippen LogP contribution in [0.15, 0.2) is 42.5 Å². The summed E-state index contributed by atoms with van der Waals surface area (Å²) in [4.78, 5) is 14.3.